The van der Waals surface area contributed by atoms with Gasteiger partial charge in [0, 0.05) is 16.6 Å². The summed E-state index contributed by atoms with van der Waals surface area (Å²) in [6.45, 7) is 6.40. The molecule has 6 heteroatoms. The molecule has 0 bridgehead atoms. The molecule has 1 aromatic carbocycles. The Labute approximate surface area is 122 Å². The maximum Gasteiger partial charge on any atom is 0.192 e. The topological polar surface area (TPSA) is 41.6 Å². The summed E-state index contributed by atoms with van der Waals surface area (Å²) in [4.78, 5) is 6.21. The lowest BCUT2D eigenvalue weighted by atomic mass is 9.90. The average molecular weight is 304 g/mol. The third kappa shape index (κ3) is 2.28. The summed E-state index contributed by atoms with van der Waals surface area (Å²) in [5.74, 6) is -0.0413. The van der Waals surface area contributed by atoms with E-state index in [-0.39, 0.29) is 11.1 Å². The van der Waals surface area contributed by atoms with Gasteiger partial charge in [0.25, 0.3) is 0 Å². The van der Waals surface area contributed by atoms with Crippen LogP contribution < -0.4 is 5.73 Å². The predicted molar refractivity (Wildman–Crippen MR) is 77.2 cm³/mol. The van der Waals surface area contributed by atoms with E-state index in [2.05, 4.69) is 4.99 Å². The van der Waals surface area contributed by atoms with Crippen LogP contribution in [0.5, 0.6) is 0 Å². The molecular formula is C13H16Cl2FN3. The zero-order valence-corrected chi connectivity index (χ0v) is 12.6. The van der Waals surface area contributed by atoms with E-state index >= 15 is 0 Å². The van der Waals surface area contributed by atoms with E-state index in [1.54, 1.807) is 0 Å². The van der Waals surface area contributed by atoms with Gasteiger partial charge in [-0.1, -0.05) is 23.2 Å². The highest BCUT2D eigenvalue weighted by atomic mass is 35.5. The smallest absolute Gasteiger partial charge is 0.192 e. The van der Waals surface area contributed by atoms with Crippen LogP contribution in [0.15, 0.2) is 17.1 Å². The van der Waals surface area contributed by atoms with E-state index in [9.17, 15) is 4.39 Å². The van der Waals surface area contributed by atoms with E-state index in [1.165, 1.54) is 12.1 Å². The average Bonchev–Trinajstić information content (AvgIpc) is 2.60. The first-order chi connectivity index (χ1) is 8.77. The maximum atomic E-state index is 13.7. The molecule has 1 heterocycles. The third-order valence-corrected chi connectivity index (χ3v) is 4.04. The number of halogens is 3. The Kier molecular flexibility index (Phi) is 3.67. The van der Waals surface area contributed by atoms with Gasteiger partial charge >= 0.3 is 0 Å². The van der Waals surface area contributed by atoms with Crippen LogP contribution in [-0.4, -0.2) is 23.4 Å². The van der Waals surface area contributed by atoms with Crippen LogP contribution in [0, 0.1) is 5.82 Å². The molecule has 1 aliphatic rings. The van der Waals surface area contributed by atoms with Gasteiger partial charge in [0.1, 0.15) is 5.82 Å². The van der Waals surface area contributed by atoms with Gasteiger partial charge in [-0.2, -0.15) is 0 Å². The minimum Gasteiger partial charge on any atom is -0.370 e. The summed E-state index contributed by atoms with van der Waals surface area (Å²) in [5, 5.41) is 0.435. The van der Waals surface area contributed by atoms with Crippen molar-refractivity contribution >= 4 is 29.2 Å². The molecule has 0 amide bonds. The minimum atomic E-state index is -0.555. The van der Waals surface area contributed by atoms with Crippen molar-refractivity contribution in [3.63, 3.8) is 0 Å². The lowest BCUT2D eigenvalue weighted by Gasteiger charge is -2.40. The molecule has 1 unspecified atom stereocenters. The lowest BCUT2D eigenvalue weighted by Crippen LogP contribution is -2.51. The maximum absolute atomic E-state index is 13.7. The van der Waals surface area contributed by atoms with Crippen molar-refractivity contribution in [3.05, 3.63) is 33.6 Å². The molecule has 1 aliphatic heterocycles. The van der Waals surface area contributed by atoms with Gasteiger partial charge < -0.3 is 10.6 Å². The Morgan fingerprint density at radius 2 is 2.00 bits per heavy atom. The molecular weight excluding hydrogens is 288 g/mol. The molecule has 19 heavy (non-hydrogen) atoms. The van der Waals surface area contributed by atoms with Gasteiger partial charge in [0.15, 0.2) is 5.96 Å². The number of guanidine groups is 1. The zero-order chi connectivity index (χ0) is 14.4. The predicted octanol–water partition coefficient (Wildman–Crippen LogP) is 3.39. The second-order valence-corrected chi connectivity index (χ2v) is 5.97. The summed E-state index contributed by atoms with van der Waals surface area (Å²) < 4.78 is 13.7. The Balaban J connectivity index is 2.55. The van der Waals surface area contributed by atoms with Gasteiger partial charge in [-0.05, 0) is 32.9 Å². The van der Waals surface area contributed by atoms with Crippen molar-refractivity contribution in [1.82, 2.24) is 4.90 Å². The van der Waals surface area contributed by atoms with E-state index in [0.29, 0.717) is 23.1 Å². The summed E-state index contributed by atoms with van der Waals surface area (Å²) in [7, 11) is 0. The highest BCUT2D eigenvalue weighted by Crippen LogP contribution is 2.39. The first kappa shape index (κ1) is 14.4. The van der Waals surface area contributed by atoms with E-state index in [4.69, 9.17) is 28.9 Å². The van der Waals surface area contributed by atoms with E-state index in [1.807, 2.05) is 25.7 Å². The summed E-state index contributed by atoms with van der Waals surface area (Å²) in [5.41, 5.74) is 6.02. The Bertz CT molecular complexity index is 545. The molecule has 2 N–H and O–H groups in total. The van der Waals surface area contributed by atoms with E-state index in [0.717, 1.165) is 0 Å². The second kappa shape index (κ2) is 4.84. The van der Waals surface area contributed by atoms with Gasteiger partial charge in [0.05, 0.1) is 17.1 Å². The molecule has 1 atom stereocenters. The third-order valence-electron chi connectivity index (χ3n) is 3.43. The van der Waals surface area contributed by atoms with Crippen LogP contribution in [0.4, 0.5) is 4.39 Å². The van der Waals surface area contributed by atoms with Gasteiger partial charge in [-0.25, -0.2) is 4.39 Å². The summed E-state index contributed by atoms with van der Waals surface area (Å²) in [6.07, 6.45) is 0. The molecule has 2 rings (SSSR count). The first-order valence-corrected chi connectivity index (χ1v) is 6.77. The highest BCUT2D eigenvalue weighted by Gasteiger charge is 2.42. The zero-order valence-electron chi connectivity index (χ0n) is 11.0. The molecule has 0 radical (unpaired) electrons. The van der Waals surface area contributed by atoms with Crippen molar-refractivity contribution < 1.29 is 4.39 Å². The van der Waals surface area contributed by atoms with Crippen molar-refractivity contribution in [3.8, 4) is 0 Å². The van der Waals surface area contributed by atoms with Crippen LogP contribution in [0.3, 0.4) is 0 Å². The standard InChI is InChI=1S/C13H16Cl2FN3/c1-7(2)19-12(17)18-6-13(19,3)8-4-11(16)10(15)5-9(8)14/h4-5,7H,6H2,1-3H3,(H2,17,18). The molecule has 0 aromatic heterocycles. The highest BCUT2D eigenvalue weighted by molar-refractivity contribution is 6.35. The summed E-state index contributed by atoms with van der Waals surface area (Å²) in [6, 6.07) is 2.92. The monoisotopic (exact) mass is 303 g/mol. The molecule has 104 valence electrons. The van der Waals surface area contributed by atoms with Crippen LogP contribution in [0.1, 0.15) is 26.3 Å². The Hall–Kier alpha value is -1.00. The molecule has 0 fully saturated rings. The van der Waals surface area contributed by atoms with Crippen molar-refractivity contribution in [1.29, 1.82) is 0 Å². The Morgan fingerprint density at radius 1 is 1.37 bits per heavy atom. The fourth-order valence-electron chi connectivity index (χ4n) is 2.62. The SMILES string of the molecule is CC(C)N1C(N)=NCC1(C)c1cc(F)c(Cl)cc1Cl. The number of hydrogen-bond donors (Lipinski definition) is 1. The number of nitrogens with zero attached hydrogens (tertiary/aromatic N) is 2. The van der Waals surface area contributed by atoms with Crippen molar-refractivity contribution in [2.24, 2.45) is 10.7 Å². The van der Waals surface area contributed by atoms with Gasteiger partial charge in [-0.15, -0.1) is 0 Å². The van der Waals surface area contributed by atoms with Crippen LogP contribution in [0.25, 0.3) is 0 Å². The normalized spacial score (nSPS) is 23.1. The van der Waals surface area contributed by atoms with Crippen LogP contribution in [-0.2, 0) is 5.54 Å². The molecule has 3 nitrogen and oxygen atoms in total. The van der Waals surface area contributed by atoms with Crippen LogP contribution in [0.2, 0.25) is 10.0 Å². The van der Waals surface area contributed by atoms with Gasteiger partial charge in [-0.3, -0.25) is 4.99 Å². The quantitative estimate of drug-likeness (QED) is 0.851. The molecule has 0 spiro atoms. The lowest BCUT2D eigenvalue weighted by molar-refractivity contribution is 0.184. The number of benzene rings is 1. The number of aliphatic imine (C=N–C) groups is 1. The van der Waals surface area contributed by atoms with Crippen molar-refractivity contribution in [2.45, 2.75) is 32.4 Å². The molecule has 1 aromatic rings. The van der Waals surface area contributed by atoms with Crippen molar-refractivity contribution in [2.75, 3.05) is 6.54 Å². The minimum absolute atomic E-state index is 0.0142. The second-order valence-electron chi connectivity index (χ2n) is 5.16. The number of hydrogen-bond acceptors (Lipinski definition) is 3. The van der Waals surface area contributed by atoms with E-state index < -0.39 is 11.4 Å². The fraction of sp³-hybridized carbons (Fsp3) is 0.462. The fourth-order valence-corrected chi connectivity index (χ4v) is 3.21. The first-order valence-electron chi connectivity index (χ1n) is 6.01. The molecule has 0 aliphatic carbocycles. The molecule has 0 saturated carbocycles. The summed E-state index contributed by atoms with van der Waals surface area (Å²) >= 11 is 12.0. The largest absolute Gasteiger partial charge is 0.370 e. The van der Waals surface area contributed by atoms with Crippen LogP contribution >= 0.6 is 23.2 Å². The number of nitrogens with two attached hydrogens (primary N) is 1. The number of rotatable bonds is 2. The molecule has 0 saturated heterocycles. The Morgan fingerprint density at radius 3 is 2.58 bits per heavy atom. The van der Waals surface area contributed by atoms with Gasteiger partial charge in [0.2, 0.25) is 0 Å².